The van der Waals surface area contributed by atoms with Crippen molar-refractivity contribution < 1.29 is 26.8 Å². The van der Waals surface area contributed by atoms with E-state index in [4.69, 9.17) is 0 Å². The molecule has 1 unspecified atom stereocenters. The summed E-state index contributed by atoms with van der Waals surface area (Å²) in [6, 6.07) is 3.87. The Hall–Kier alpha value is -1.00. The lowest BCUT2D eigenvalue weighted by Crippen LogP contribution is -2.03. The molecule has 0 N–H and O–H groups in total. The second-order valence-corrected chi connectivity index (χ2v) is 3.69. The fourth-order valence-electron chi connectivity index (χ4n) is 0.850. The van der Waals surface area contributed by atoms with E-state index in [2.05, 4.69) is 9.05 Å². The maximum Gasteiger partial charge on any atom is 0.416 e. The van der Waals surface area contributed by atoms with Crippen molar-refractivity contribution in [3.63, 3.8) is 0 Å². The maximum atomic E-state index is 12.1. The smallest absolute Gasteiger partial charge is 0.416 e. The first-order valence-corrected chi connectivity index (χ1v) is 5.09. The minimum Gasteiger partial charge on any atom is -0.426 e. The van der Waals surface area contributed by atoms with Crippen LogP contribution in [0.15, 0.2) is 24.3 Å². The minimum absolute atomic E-state index is 0.0775. The number of halogens is 3. The summed E-state index contributed by atoms with van der Waals surface area (Å²) in [5.74, 6) is 0.0775. The van der Waals surface area contributed by atoms with Crippen LogP contribution in [-0.2, 0) is 15.3 Å². The molecule has 0 radical (unpaired) electrons. The van der Waals surface area contributed by atoms with Crippen LogP contribution in [0.5, 0.6) is 5.75 Å². The Morgan fingerprint density at radius 3 is 2.13 bits per heavy atom. The SMILES string of the molecule is CO[PH](=O)Oc1ccc(C(F)(F)F)cc1. The molecule has 0 spiro atoms. The van der Waals surface area contributed by atoms with E-state index < -0.39 is 20.0 Å². The molecule has 1 aromatic carbocycles. The molecular formula is C8H8F3O3P. The molecule has 15 heavy (non-hydrogen) atoms. The van der Waals surface area contributed by atoms with E-state index in [0.29, 0.717) is 0 Å². The topological polar surface area (TPSA) is 35.5 Å². The van der Waals surface area contributed by atoms with E-state index in [-0.39, 0.29) is 5.75 Å². The minimum atomic E-state index is -4.38. The van der Waals surface area contributed by atoms with Gasteiger partial charge in [0.2, 0.25) is 0 Å². The summed E-state index contributed by atoms with van der Waals surface area (Å²) in [4.78, 5) is 0. The van der Waals surface area contributed by atoms with Crippen molar-refractivity contribution in [3.8, 4) is 5.75 Å². The van der Waals surface area contributed by atoms with E-state index in [1.807, 2.05) is 0 Å². The summed E-state index contributed by atoms with van der Waals surface area (Å²) in [5, 5.41) is 0. The molecule has 0 aliphatic rings. The molecule has 0 amide bonds. The molecule has 3 nitrogen and oxygen atoms in total. The van der Waals surface area contributed by atoms with E-state index in [0.717, 1.165) is 24.3 Å². The first-order chi connectivity index (χ1) is 6.93. The predicted octanol–water partition coefficient (Wildman–Crippen LogP) is 3.12. The molecule has 0 aliphatic heterocycles. The highest BCUT2D eigenvalue weighted by molar-refractivity contribution is 7.33. The van der Waals surface area contributed by atoms with Gasteiger partial charge >= 0.3 is 14.4 Å². The summed E-state index contributed by atoms with van der Waals surface area (Å²) >= 11 is 0. The number of alkyl halides is 3. The molecule has 7 heteroatoms. The summed E-state index contributed by atoms with van der Waals surface area (Å²) in [7, 11) is -1.47. The number of rotatable bonds is 3. The Bertz CT molecular complexity index is 347. The number of benzene rings is 1. The lowest BCUT2D eigenvalue weighted by atomic mass is 10.2. The predicted molar refractivity (Wildman–Crippen MR) is 48.1 cm³/mol. The van der Waals surface area contributed by atoms with Crippen LogP contribution in [0.3, 0.4) is 0 Å². The Morgan fingerprint density at radius 1 is 1.20 bits per heavy atom. The molecular weight excluding hydrogens is 232 g/mol. The second-order valence-electron chi connectivity index (χ2n) is 2.58. The van der Waals surface area contributed by atoms with E-state index in [1.165, 1.54) is 7.11 Å². The van der Waals surface area contributed by atoms with Gasteiger partial charge in [0.05, 0.1) is 5.56 Å². The molecule has 0 aromatic heterocycles. The molecule has 1 aromatic rings. The monoisotopic (exact) mass is 240 g/mol. The Labute approximate surface area is 84.8 Å². The first kappa shape index (κ1) is 12.1. The molecule has 84 valence electrons. The van der Waals surface area contributed by atoms with Gasteiger partial charge in [-0.1, -0.05) is 0 Å². The highest BCUT2D eigenvalue weighted by Gasteiger charge is 2.30. The van der Waals surface area contributed by atoms with E-state index in [1.54, 1.807) is 0 Å². The third kappa shape index (κ3) is 3.57. The molecule has 0 heterocycles. The van der Waals surface area contributed by atoms with Crippen LogP contribution in [0, 0.1) is 0 Å². The fourth-order valence-corrected chi connectivity index (χ4v) is 1.26. The quantitative estimate of drug-likeness (QED) is 0.761. The third-order valence-electron chi connectivity index (χ3n) is 1.55. The number of hydrogen-bond donors (Lipinski definition) is 0. The van der Waals surface area contributed by atoms with Crippen LogP contribution in [-0.4, -0.2) is 7.11 Å². The van der Waals surface area contributed by atoms with Gasteiger partial charge in [-0.25, -0.2) is 4.57 Å². The van der Waals surface area contributed by atoms with Crippen molar-refractivity contribution in [1.29, 1.82) is 0 Å². The first-order valence-electron chi connectivity index (χ1n) is 3.86. The van der Waals surface area contributed by atoms with Crippen LogP contribution < -0.4 is 4.52 Å². The largest absolute Gasteiger partial charge is 0.426 e. The molecule has 0 fully saturated rings. The Kier molecular flexibility index (Phi) is 3.77. The van der Waals surface area contributed by atoms with Gasteiger partial charge in [-0.05, 0) is 24.3 Å². The van der Waals surface area contributed by atoms with Gasteiger partial charge in [-0.3, -0.25) is 0 Å². The van der Waals surface area contributed by atoms with E-state index >= 15 is 0 Å². The lowest BCUT2D eigenvalue weighted by Gasteiger charge is -2.07. The molecule has 1 rings (SSSR count). The highest BCUT2D eigenvalue weighted by Crippen LogP contribution is 2.32. The van der Waals surface area contributed by atoms with Crippen LogP contribution >= 0.6 is 8.25 Å². The summed E-state index contributed by atoms with van der Waals surface area (Å²) in [6.07, 6.45) is -4.38. The van der Waals surface area contributed by atoms with Gasteiger partial charge in [0, 0.05) is 7.11 Å². The average Bonchev–Trinajstić information content (AvgIpc) is 2.17. The third-order valence-corrected chi connectivity index (χ3v) is 2.29. The molecule has 0 saturated heterocycles. The number of hydrogen-bond acceptors (Lipinski definition) is 3. The Morgan fingerprint density at radius 2 is 1.73 bits per heavy atom. The van der Waals surface area contributed by atoms with Crippen LogP contribution in [0.4, 0.5) is 13.2 Å². The van der Waals surface area contributed by atoms with Gasteiger partial charge in [-0.2, -0.15) is 13.2 Å². The lowest BCUT2D eigenvalue weighted by molar-refractivity contribution is -0.137. The average molecular weight is 240 g/mol. The van der Waals surface area contributed by atoms with Crippen molar-refractivity contribution in [3.05, 3.63) is 29.8 Å². The van der Waals surface area contributed by atoms with Gasteiger partial charge in [0.15, 0.2) is 0 Å². The molecule has 1 atom stereocenters. The highest BCUT2D eigenvalue weighted by atomic mass is 31.1. The fraction of sp³-hybridized carbons (Fsp3) is 0.250. The normalized spacial score (nSPS) is 13.6. The maximum absolute atomic E-state index is 12.1. The molecule has 0 aliphatic carbocycles. The van der Waals surface area contributed by atoms with Gasteiger partial charge in [-0.15, -0.1) is 0 Å². The Balaban J connectivity index is 2.77. The van der Waals surface area contributed by atoms with Crippen LogP contribution in [0.25, 0.3) is 0 Å². The van der Waals surface area contributed by atoms with Gasteiger partial charge in [0.25, 0.3) is 0 Å². The molecule has 0 saturated carbocycles. The summed E-state index contributed by atoms with van der Waals surface area (Å²) in [5.41, 5.74) is -0.785. The van der Waals surface area contributed by atoms with Crippen molar-refractivity contribution in [2.45, 2.75) is 6.18 Å². The van der Waals surface area contributed by atoms with Crippen LogP contribution in [0.2, 0.25) is 0 Å². The standard InChI is InChI=1S/C8H8F3O3P/c1-13-15(12)14-7-4-2-6(3-5-7)8(9,10)11/h2-5,15H,1H3. The van der Waals surface area contributed by atoms with Gasteiger partial charge in [0.1, 0.15) is 5.75 Å². The van der Waals surface area contributed by atoms with E-state index in [9.17, 15) is 17.7 Å². The van der Waals surface area contributed by atoms with Crippen molar-refractivity contribution in [2.75, 3.05) is 7.11 Å². The molecule has 0 bridgehead atoms. The van der Waals surface area contributed by atoms with Gasteiger partial charge < -0.3 is 9.05 Å². The zero-order valence-electron chi connectivity index (χ0n) is 7.67. The van der Waals surface area contributed by atoms with Crippen LogP contribution in [0.1, 0.15) is 5.56 Å². The summed E-state index contributed by atoms with van der Waals surface area (Å²) < 4.78 is 56.2. The van der Waals surface area contributed by atoms with Crippen molar-refractivity contribution >= 4 is 8.25 Å². The van der Waals surface area contributed by atoms with Crippen molar-refractivity contribution in [1.82, 2.24) is 0 Å². The zero-order valence-corrected chi connectivity index (χ0v) is 8.67. The van der Waals surface area contributed by atoms with Crippen molar-refractivity contribution in [2.24, 2.45) is 0 Å². The second kappa shape index (κ2) is 4.68. The summed E-state index contributed by atoms with van der Waals surface area (Å²) in [6.45, 7) is 0. The zero-order chi connectivity index (χ0) is 11.5.